The molecule has 2 heterocycles. The molecule has 20 heavy (non-hydrogen) atoms. The topological polar surface area (TPSA) is 56.7 Å². The van der Waals surface area contributed by atoms with Crippen molar-refractivity contribution in [2.24, 2.45) is 5.73 Å². The first-order valence-corrected chi connectivity index (χ1v) is 7.69. The van der Waals surface area contributed by atoms with Crippen LogP contribution >= 0.6 is 11.3 Å². The van der Waals surface area contributed by atoms with Gasteiger partial charge in [0, 0.05) is 24.9 Å². The molecular formula is C15H18N4S. The molecule has 1 atom stereocenters. The molecule has 1 aromatic carbocycles. The molecule has 0 aliphatic rings. The predicted molar refractivity (Wildman–Crippen MR) is 82.8 cm³/mol. The van der Waals surface area contributed by atoms with E-state index in [-0.39, 0.29) is 6.04 Å². The summed E-state index contributed by atoms with van der Waals surface area (Å²) in [4.78, 5) is 8.85. The van der Waals surface area contributed by atoms with Gasteiger partial charge in [-0.25, -0.2) is 9.97 Å². The summed E-state index contributed by atoms with van der Waals surface area (Å²) in [5, 5.41) is 0.996. The fraction of sp³-hybridized carbons (Fsp3) is 0.333. The Hall–Kier alpha value is -1.72. The van der Waals surface area contributed by atoms with Crippen LogP contribution in [0.15, 0.2) is 36.8 Å². The Kier molecular flexibility index (Phi) is 3.80. The minimum Gasteiger partial charge on any atom is -0.335 e. The van der Waals surface area contributed by atoms with Crippen LogP contribution in [0.5, 0.6) is 0 Å². The lowest BCUT2D eigenvalue weighted by Crippen LogP contribution is -2.15. The lowest BCUT2D eigenvalue weighted by molar-refractivity contribution is 0.610. The molecule has 104 valence electrons. The van der Waals surface area contributed by atoms with E-state index in [0.29, 0.717) is 0 Å². The van der Waals surface area contributed by atoms with Gasteiger partial charge in [0.05, 0.1) is 22.6 Å². The van der Waals surface area contributed by atoms with E-state index in [1.807, 2.05) is 30.7 Å². The van der Waals surface area contributed by atoms with Crippen LogP contribution in [0.4, 0.5) is 0 Å². The molecule has 4 nitrogen and oxygen atoms in total. The summed E-state index contributed by atoms with van der Waals surface area (Å²) in [5.41, 5.74) is 8.53. The zero-order valence-electron chi connectivity index (χ0n) is 11.5. The maximum Gasteiger partial charge on any atom is 0.111 e. The number of benzene rings is 1. The first-order chi connectivity index (χ1) is 9.78. The third-order valence-electron chi connectivity index (χ3n) is 3.32. The third kappa shape index (κ3) is 2.59. The van der Waals surface area contributed by atoms with Gasteiger partial charge in [0.1, 0.15) is 5.01 Å². The number of nitrogens with zero attached hydrogens (tertiary/aromatic N) is 3. The Morgan fingerprint density at radius 1 is 1.35 bits per heavy atom. The summed E-state index contributed by atoms with van der Waals surface area (Å²) in [7, 11) is 0. The standard InChI is InChI=1S/C15H18N4S/c1-2-7-19-10-17-9-11(19)8-12(16)15-18-13-5-3-4-6-14(13)20-15/h3-6,9-10,12H,2,7-8,16H2,1H3. The third-order valence-corrected chi connectivity index (χ3v) is 4.49. The summed E-state index contributed by atoms with van der Waals surface area (Å²) in [6.07, 6.45) is 5.66. The first-order valence-electron chi connectivity index (χ1n) is 6.88. The molecule has 5 heteroatoms. The van der Waals surface area contributed by atoms with Gasteiger partial charge in [0.2, 0.25) is 0 Å². The highest BCUT2D eigenvalue weighted by atomic mass is 32.1. The predicted octanol–water partition coefficient (Wildman–Crippen LogP) is 3.15. The molecule has 0 fully saturated rings. The van der Waals surface area contributed by atoms with E-state index in [2.05, 4.69) is 27.5 Å². The van der Waals surface area contributed by atoms with Crippen LogP contribution in [0.2, 0.25) is 0 Å². The zero-order valence-corrected chi connectivity index (χ0v) is 12.3. The van der Waals surface area contributed by atoms with Crippen molar-refractivity contribution in [3.8, 4) is 0 Å². The molecule has 0 aliphatic heterocycles. The summed E-state index contributed by atoms with van der Waals surface area (Å²) >= 11 is 1.68. The average molecular weight is 286 g/mol. The summed E-state index contributed by atoms with van der Waals surface area (Å²) < 4.78 is 3.37. The Morgan fingerprint density at radius 2 is 2.20 bits per heavy atom. The van der Waals surface area contributed by atoms with Crippen molar-refractivity contribution in [1.82, 2.24) is 14.5 Å². The Labute approximate surface area is 122 Å². The number of nitrogens with two attached hydrogens (primary N) is 1. The van der Waals surface area contributed by atoms with E-state index in [9.17, 15) is 0 Å². The van der Waals surface area contributed by atoms with Crippen molar-refractivity contribution >= 4 is 21.6 Å². The molecule has 0 saturated heterocycles. The van der Waals surface area contributed by atoms with Gasteiger partial charge in [-0.15, -0.1) is 11.3 Å². The fourth-order valence-corrected chi connectivity index (χ4v) is 3.29. The number of fused-ring (bicyclic) bond motifs is 1. The van der Waals surface area contributed by atoms with Gasteiger partial charge >= 0.3 is 0 Å². The summed E-state index contributed by atoms with van der Waals surface area (Å²) in [6.45, 7) is 3.15. The lowest BCUT2D eigenvalue weighted by Gasteiger charge is -2.10. The number of hydrogen-bond acceptors (Lipinski definition) is 4. The van der Waals surface area contributed by atoms with Gasteiger partial charge in [-0.3, -0.25) is 0 Å². The number of imidazole rings is 1. The molecule has 1 unspecified atom stereocenters. The molecular weight excluding hydrogens is 268 g/mol. The van der Waals surface area contributed by atoms with Crippen LogP contribution in [0.3, 0.4) is 0 Å². The zero-order chi connectivity index (χ0) is 13.9. The maximum atomic E-state index is 6.32. The number of rotatable bonds is 5. The summed E-state index contributed by atoms with van der Waals surface area (Å²) in [5.74, 6) is 0. The highest BCUT2D eigenvalue weighted by molar-refractivity contribution is 7.18. The maximum absolute atomic E-state index is 6.32. The van der Waals surface area contributed by atoms with E-state index < -0.39 is 0 Å². The Balaban J connectivity index is 1.81. The second-order valence-electron chi connectivity index (χ2n) is 4.91. The van der Waals surface area contributed by atoms with Crippen LogP contribution in [0.25, 0.3) is 10.2 Å². The molecule has 0 spiro atoms. The normalized spacial score (nSPS) is 12.9. The molecule has 2 N–H and O–H groups in total. The van der Waals surface area contributed by atoms with E-state index in [1.165, 1.54) is 10.4 Å². The van der Waals surface area contributed by atoms with Gasteiger partial charge in [0.15, 0.2) is 0 Å². The molecule has 3 aromatic rings. The van der Waals surface area contributed by atoms with E-state index >= 15 is 0 Å². The Bertz CT molecular complexity index is 668. The average Bonchev–Trinajstić information content (AvgIpc) is 3.06. The van der Waals surface area contributed by atoms with Crippen molar-refractivity contribution in [2.45, 2.75) is 32.4 Å². The molecule has 0 aliphatic carbocycles. The van der Waals surface area contributed by atoms with Gasteiger partial charge in [-0.05, 0) is 18.6 Å². The van der Waals surface area contributed by atoms with Crippen molar-refractivity contribution in [2.75, 3.05) is 0 Å². The van der Waals surface area contributed by atoms with Crippen molar-refractivity contribution < 1.29 is 0 Å². The van der Waals surface area contributed by atoms with Gasteiger partial charge in [-0.1, -0.05) is 19.1 Å². The molecule has 3 rings (SSSR count). The lowest BCUT2D eigenvalue weighted by atomic mass is 10.2. The highest BCUT2D eigenvalue weighted by Gasteiger charge is 2.14. The van der Waals surface area contributed by atoms with Crippen LogP contribution in [0, 0.1) is 0 Å². The number of para-hydroxylation sites is 1. The SMILES string of the molecule is CCCn1cncc1CC(N)c1nc2ccccc2s1. The second kappa shape index (κ2) is 5.73. The van der Waals surface area contributed by atoms with Crippen LogP contribution in [-0.4, -0.2) is 14.5 Å². The van der Waals surface area contributed by atoms with Crippen LogP contribution in [0.1, 0.15) is 30.1 Å². The monoisotopic (exact) mass is 286 g/mol. The van der Waals surface area contributed by atoms with Crippen molar-refractivity contribution in [3.63, 3.8) is 0 Å². The van der Waals surface area contributed by atoms with E-state index in [4.69, 9.17) is 5.73 Å². The molecule has 0 radical (unpaired) electrons. The van der Waals surface area contributed by atoms with Gasteiger partial charge in [0.25, 0.3) is 0 Å². The highest BCUT2D eigenvalue weighted by Crippen LogP contribution is 2.26. The van der Waals surface area contributed by atoms with E-state index in [0.717, 1.165) is 29.9 Å². The quantitative estimate of drug-likeness (QED) is 0.784. The van der Waals surface area contributed by atoms with Gasteiger partial charge < -0.3 is 10.3 Å². The summed E-state index contributed by atoms with van der Waals surface area (Å²) in [6, 6.07) is 8.09. The second-order valence-corrected chi connectivity index (χ2v) is 5.97. The largest absolute Gasteiger partial charge is 0.335 e. The first kappa shape index (κ1) is 13.3. The number of aromatic nitrogens is 3. The van der Waals surface area contributed by atoms with Crippen molar-refractivity contribution in [1.29, 1.82) is 0 Å². The molecule has 2 aromatic heterocycles. The fourth-order valence-electron chi connectivity index (χ4n) is 2.32. The minimum atomic E-state index is -0.0697. The number of hydrogen-bond donors (Lipinski definition) is 1. The van der Waals surface area contributed by atoms with Crippen LogP contribution in [-0.2, 0) is 13.0 Å². The van der Waals surface area contributed by atoms with Crippen molar-refractivity contribution in [3.05, 3.63) is 47.5 Å². The smallest absolute Gasteiger partial charge is 0.111 e. The molecule has 0 saturated carbocycles. The molecule has 0 amide bonds. The number of thiazole rings is 1. The minimum absolute atomic E-state index is 0.0697. The van der Waals surface area contributed by atoms with Crippen LogP contribution < -0.4 is 5.73 Å². The van der Waals surface area contributed by atoms with Gasteiger partial charge in [-0.2, -0.15) is 0 Å². The van der Waals surface area contributed by atoms with E-state index in [1.54, 1.807) is 11.3 Å². The molecule has 0 bridgehead atoms. The number of aryl methyl sites for hydroxylation is 1. The Morgan fingerprint density at radius 3 is 3.00 bits per heavy atom.